The summed E-state index contributed by atoms with van der Waals surface area (Å²) in [7, 11) is 0. The molecule has 2 aliphatic heterocycles. The molecule has 4 heteroatoms. The average molecular weight is 289 g/mol. The SMILES string of the molecule is Cc1ccccc1C(=O)N1CCC[C@@H]1[C@@H]1COCC[C@@H]1O. The maximum absolute atomic E-state index is 12.8. The van der Waals surface area contributed by atoms with Crippen LogP contribution in [0.2, 0.25) is 0 Å². The van der Waals surface area contributed by atoms with E-state index in [1.54, 1.807) is 0 Å². The topological polar surface area (TPSA) is 49.8 Å². The third-order valence-corrected chi connectivity index (χ3v) is 4.79. The predicted octanol–water partition coefficient (Wildman–Crippen LogP) is 2.00. The summed E-state index contributed by atoms with van der Waals surface area (Å²) in [4.78, 5) is 14.8. The van der Waals surface area contributed by atoms with Crippen molar-refractivity contribution in [2.75, 3.05) is 19.8 Å². The Balaban J connectivity index is 1.80. The third kappa shape index (κ3) is 2.83. The highest BCUT2D eigenvalue weighted by Gasteiger charge is 2.39. The van der Waals surface area contributed by atoms with Crippen molar-refractivity contribution in [1.82, 2.24) is 4.90 Å². The fraction of sp³-hybridized carbons (Fsp3) is 0.588. The van der Waals surface area contributed by atoms with Gasteiger partial charge < -0.3 is 14.7 Å². The first kappa shape index (κ1) is 14.5. The number of aliphatic hydroxyl groups excluding tert-OH is 1. The lowest BCUT2D eigenvalue weighted by atomic mass is 9.89. The molecule has 2 aliphatic rings. The molecule has 1 aromatic rings. The van der Waals surface area contributed by atoms with Gasteiger partial charge in [-0.3, -0.25) is 4.79 Å². The second-order valence-corrected chi connectivity index (χ2v) is 6.12. The molecule has 2 saturated heterocycles. The van der Waals surface area contributed by atoms with Gasteiger partial charge in [-0.25, -0.2) is 0 Å². The zero-order chi connectivity index (χ0) is 14.8. The number of amides is 1. The van der Waals surface area contributed by atoms with Crippen LogP contribution in [0.25, 0.3) is 0 Å². The molecule has 0 aliphatic carbocycles. The lowest BCUT2D eigenvalue weighted by Gasteiger charge is -2.37. The number of hydrogen-bond donors (Lipinski definition) is 1. The number of carbonyl (C=O) groups excluding carboxylic acids is 1. The molecular weight excluding hydrogens is 266 g/mol. The number of carbonyl (C=O) groups is 1. The molecular formula is C17H23NO3. The zero-order valence-corrected chi connectivity index (χ0v) is 12.5. The van der Waals surface area contributed by atoms with E-state index >= 15 is 0 Å². The van der Waals surface area contributed by atoms with Gasteiger partial charge in [0.25, 0.3) is 5.91 Å². The number of nitrogens with zero attached hydrogens (tertiary/aromatic N) is 1. The van der Waals surface area contributed by atoms with Gasteiger partial charge >= 0.3 is 0 Å². The van der Waals surface area contributed by atoms with Crippen LogP contribution >= 0.6 is 0 Å². The highest BCUT2D eigenvalue weighted by atomic mass is 16.5. The van der Waals surface area contributed by atoms with Crippen molar-refractivity contribution >= 4 is 5.91 Å². The molecule has 114 valence electrons. The van der Waals surface area contributed by atoms with Gasteiger partial charge in [0.2, 0.25) is 0 Å². The molecule has 0 radical (unpaired) electrons. The van der Waals surface area contributed by atoms with Crippen molar-refractivity contribution in [2.24, 2.45) is 5.92 Å². The first-order valence-electron chi connectivity index (χ1n) is 7.81. The summed E-state index contributed by atoms with van der Waals surface area (Å²) >= 11 is 0. The second kappa shape index (κ2) is 6.16. The number of rotatable bonds is 2. The van der Waals surface area contributed by atoms with E-state index in [1.807, 2.05) is 36.1 Å². The fourth-order valence-corrected chi connectivity index (χ4v) is 3.57. The predicted molar refractivity (Wildman–Crippen MR) is 80.2 cm³/mol. The van der Waals surface area contributed by atoms with Crippen LogP contribution in [-0.4, -0.2) is 47.8 Å². The fourth-order valence-electron chi connectivity index (χ4n) is 3.57. The minimum atomic E-state index is -0.353. The molecule has 2 heterocycles. The van der Waals surface area contributed by atoms with Crippen LogP contribution < -0.4 is 0 Å². The highest BCUT2D eigenvalue weighted by molar-refractivity contribution is 5.96. The zero-order valence-electron chi connectivity index (χ0n) is 12.5. The largest absolute Gasteiger partial charge is 0.393 e. The van der Waals surface area contributed by atoms with Crippen LogP contribution in [0.5, 0.6) is 0 Å². The Labute approximate surface area is 125 Å². The standard InChI is InChI=1S/C17H23NO3/c1-12-5-2-3-6-13(12)17(20)18-9-4-7-15(18)14-11-21-10-8-16(14)19/h2-3,5-6,14-16,19H,4,7-11H2,1H3/t14-,15+,16-/m0/s1. The van der Waals surface area contributed by atoms with Crippen LogP contribution in [0.15, 0.2) is 24.3 Å². The number of aryl methyl sites for hydroxylation is 1. The van der Waals surface area contributed by atoms with Gasteiger partial charge in [0.1, 0.15) is 0 Å². The normalized spacial score (nSPS) is 29.6. The van der Waals surface area contributed by atoms with Crippen LogP contribution in [-0.2, 0) is 4.74 Å². The number of likely N-dealkylation sites (tertiary alicyclic amines) is 1. The Hall–Kier alpha value is -1.39. The number of hydrogen-bond acceptors (Lipinski definition) is 3. The van der Waals surface area contributed by atoms with Crippen LogP contribution in [0.3, 0.4) is 0 Å². The lowest BCUT2D eigenvalue weighted by molar-refractivity contribution is -0.0589. The van der Waals surface area contributed by atoms with Crippen molar-refractivity contribution < 1.29 is 14.6 Å². The summed E-state index contributed by atoms with van der Waals surface area (Å²) in [5.41, 5.74) is 1.78. The monoisotopic (exact) mass is 289 g/mol. The van der Waals surface area contributed by atoms with Crippen LogP contribution in [0.1, 0.15) is 35.2 Å². The molecule has 1 amide bonds. The lowest BCUT2D eigenvalue weighted by Crippen LogP contribution is -2.48. The Morgan fingerprint density at radius 2 is 2.14 bits per heavy atom. The molecule has 1 aromatic carbocycles. The Kier molecular flexibility index (Phi) is 4.27. The Morgan fingerprint density at radius 3 is 2.90 bits per heavy atom. The highest BCUT2D eigenvalue weighted by Crippen LogP contribution is 2.31. The van der Waals surface area contributed by atoms with Crippen LogP contribution in [0, 0.1) is 12.8 Å². The van der Waals surface area contributed by atoms with Gasteiger partial charge in [-0.05, 0) is 37.8 Å². The quantitative estimate of drug-likeness (QED) is 0.906. The third-order valence-electron chi connectivity index (χ3n) is 4.79. The van der Waals surface area contributed by atoms with Crippen molar-refractivity contribution in [3.63, 3.8) is 0 Å². The Morgan fingerprint density at radius 1 is 1.33 bits per heavy atom. The first-order valence-corrected chi connectivity index (χ1v) is 7.81. The molecule has 0 unspecified atom stereocenters. The van der Waals surface area contributed by atoms with E-state index in [0.29, 0.717) is 19.6 Å². The van der Waals surface area contributed by atoms with E-state index < -0.39 is 0 Å². The second-order valence-electron chi connectivity index (χ2n) is 6.12. The molecule has 0 bridgehead atoms. The van der Waals surface area contributed by atoms with Gasteiger partial charge in [0.15, 0.2) is 0 Å². The molecule has 2 fully saturated rings. The summed E-state index contributed by atoms with van der Waals surface area (Å²) < 4.78 is 5.52. The summed E-state index contributed by atoms with van der Waals surface area (Å²) in [5, 5.41) is 10.2. The summed E-state index contributed by atoms with van der Waals surface area (Å²) in [6.07, 6.45) is 2.29. The molecule has 0 spiro atoms. The van der Waals surface area contributed by atoms with E-state index in [0.717, 1.165) is 30.5 Å². The molecule has 0 aromatic heterocycles. The van der Waals surface area contributed by atoms with E-state index in [1.165, 1.54) is 0 Å². The molecule has 21 heavy (non-hydrogen) atoms. The molecule has 1 N–H and O–H groups in total. The van der Waals surface area contributed by atoms with Crippen LogP contribution in [0.4, 0.5) is 0 Å². The number of aliphatic hydroxyl groups is 1. The minimum Gasteiger partial charge on any atom is -0.393 e. The van der Waals surface area contributed by atoms with Gasteiger partial charge in [-0.1, -0.05) is 18.2 Å². The van der Waals surface area contributed by atoms with Gasteiger partial charge in [0, 0.05) is 30.7 Å². The molecule has 0 saturated carbocycles. The van der Waals surface area contributed by atoms with Crippen molar-refractivity contribution in [2.45, 2.75) is 38.3 Å². The van der Waals surface area contributed by atoms with Crippen molar-refractivity contribution in [1.29, 1.82) is 0 Å². The van der Waals surface area contributed by atoms with E-state index in [4.69, 9.17) is 4.74 Å². The van der Waals surface area contributed by atoms with Crippen molar-refractivity contribution in [3.05, 3.63) is 35.4 Å². The van der Waals surface area contributed by atoms with Crippen molar-refractivity contribution in [3.8, 4) is 0 Å². The minimum absolute atomic E-state index is 0.0502. The summed E-state index contributed by atoms with van der Waals surface area (Å²) in [6, 6.07) is 7.82. The average Bonchev–Trinajstić information content (AvgIpc) is 2.97. The molecule has 3 atom stereocenters. The van der Waals surface area contributed by atoms with Gasteiger partial charge in [-0.2, -0.15) is 0 Å². The molecule has 3 rings (SSSR count). The van der Waals surface area contributed by atoms with Gasteiger partial charge in [-0.15, -0.1) is 0 Å². The van der Waals surface area contributed by atoms with E-state index in [-0.39, 0.29) is 24.0 Å². The molecule has 4 nitrogen and oxygen atoms in total. The van der Waals surface area contributed by atoms with E-state index in [9.17, 15) is 9.90 Å². The number of ether oxygens (including phenoxy) is 1. The van der Waals surface area contributed by atoms with Gasteiger partial charge in [0.05, 0.1) is 12.7 Å². The number of benzene rings is 1. The summed E-state index contributed by atoms with van der Waals surface area (Å²) in [6.45, 7) is 3.93. The maximum atomic E-state index is 12.8. The Bertz CT molecular complexity index is 517. The first-order chi connectivity index (χ1) is 10.2. The summed E-state index contributed by atoms with van der Waals surface area (Å²) in [5.74, 6) is 0.141. The van der Waals surface area contributed by atoms with E-state index in [2.05, 4.69) is 0 Å². The maximum Gasteiger partial charge on any atom is 0.254 e. The smallest absolute Gasteiger partial charge is 0.254 e.